The Bertz CT molecular complexity index is 419. The minimum absolute atomic E-state index is 0.620. The highest BCUT2D eigenvalue weighted by atomic mass is 32.2. The van der Waals surface area contributed by atoms with Crippen molar-refractivity contribution in [1.29, 1.82) is 0 Å². The summed E-state index contributed by atoms with van der Waals surface area (Å²) in [5.74, 6) is 28.7. The molecule has 0 radical (unpaired) electrons. The van der Waals surface area contributed by atoms with Gasteiger partial charge in [-0.25, -0.2) is 20.2 Å². The van der Waals surface area contributed by atoms with Crippen LogP contribution in [0.5, 0.6) is 0 Å². The predicted molar refractivity (Wildman–Crippen MR) is 131 cm³/mol. The van der Waals surface area contributed by atoms with E-state index in [1.54, 1.807) is 25.9 Å². The van der Waals surface area contributed by atoms with E-state index < -0.39 is 10.0 Å². The molecule has 0 amide bonds. The van der Waals surface area contributed by atoms with Crippen molar-refractivity contribution < 1.29 is 13.3 Å². The van der Waals surface area contributed by atoms with E-state index in [-0.39, 0.29) is 0 Å². The molecule has 0 aliphatic heterocycles. The van der Waals surface area contributed by atoms with Gasteiger partial charge in [-0.2, -0.15) is 4.83 Å². The zero-order valence-corrected chi connectivity index (χ0v) is 20.8. The smallest absolute Gasteiger partial charge is 0.221 e. The molecule has 17 heteroatoms. The minimum atomic E-state index is -3.13. The first-order valence-electron chi connectivity index (χ1n) is 8.23. The van der Waals surface area contributed by atoms with Crippen molar-refractivity contribution in [2.75, 3.05) is 34.5 Å². The molecule has 0 aromatic rings. The van der Waals surface area contributed by atoms with Crippen LogP contribution in [0.3, 0.4) is 0 Å². The zero-order chi connectivity index (χ0) is 26.9. The Morgan fingerprint density at radius 1 is 0.935 bits per heavy atom. The van der Waals surface area contributed by atoms with E-state index >= 15 is 0 Å². The molecular weight excluding hydrogens is 430 g/mol. The second-order valence-electron chi connectivity index (χ2n) is 4.31. The van der Waals surface area contributed by atoms with Crippen molar-refractivity contribution in [1.82, 2.24) is 31.9 Å². The van der Waals surface area contributed by atoms with Crippen LogP contribution in [0, 0.1) is 0 Å². The van der Waals surface area contributed by atoms with Gasteiger partial charge in [0.1, 0.15) is 5.82 Å². The summed E-state index contributed by atoms with van der Waals surface area (Å²) in [6, 6.07) is 0. The lowest BCUT2D eigenvalue weighted by Crippen LogP contribution is -2.28. The van der Waals surface area contributed by atoms with Gasteiger partial charge in [-0.05, 0) is 27.4 Å². The predicted octanol–water partition coefficient (Wildman–Crippen LogP) is -3.93. The maximum atomic E-state index is 9.76. The van der Waals surface area contributed by atoms with Gasteiger partial charge in [-0.3, -0.25) is 28.8 Å². The van der Waals surface area contributed by atoms with Crippen molar-refractivity contribution in [2.45, 2.75) is 20.3 Å². The summed E-state index contributed by atoms with van der Waals surface area (Å²) in [5.41, 5.74) is 15.5. The van der Waals surface area contributed by atoms with E-state index in [4.69, 9.17) is 17.5 Å². The van der Waals surface area contributed by atoms with E-state index in [1.807, 2.05) is 6.92 Å². The number of nitrogens with two attached hydrogens (primary N) is 7. The third kappa shape index (κ3) is 157. The normalized spacial score (nSPS) is 7.55. The molecule has 0 saturated carbocycles. The quantitative estimate of drug-likeness (QED) is 0.128. The maximum Gasteiger partial charge on any atom is 0.221 e. The average molecular weight is 480 g/mol. The van der Waals surface area contributed by atoms with Crippen molar-refractivity contribution in [3.8, 4) is 0 Å². The highest BCUT2D eigenvalue weighted by Crippen LogP contribution is 1.83. The van der Waals surface area contributed by atoms with E-state index in [0.29, 0.717) is 5.82 Å². The molecule has 0 spiro atoms. The SMILES string of the molecule is C=C(C)NN.C=C(CC)NN.C=C(NC)NN.CN.CNN.CON.CS(=O)(=O)NN. The lowest BCUT2D eigenvalue weighted by molar-refractivity contribution is 0.206. The van der Waals surface area contributed by atoms with Crippen molar-refractivity contribution in [3.63, 3.8) is 0 Å². The fraction of sp³-hybridized carbons (Fsp3) is 0.571. The Labute approximate surface area is 188 Å². The molecule has 20 N–H and O–H groups in total. The summed E-state index contributed by atoms with van der Waals surface area (Å²) in [6.07, 6.45) is 1.88. The van der Waals surface area contributed by atoms with Crippen LogP contribution in [0.1, 0.15) is 20.3 Å². The summed E-state index contributed by atoms with van der Waals surface area (Å²) >= 11 is 0. The fourth-order valence-corrected chi connectivity index (χ4v) is 0.174. The van der Waals surface area contributed by atoms with Gasteiger partial charge in [0.25, 0.3) is 0 Å². The van der Waals surface area contributed by atoms with Crippen molar-refractivity contribution >= 4 is 10.0 Å². The molecule has 0 aliphatic rings. The molecular formula is C14H49N13O3S. The van der Waals surface area contributed by atoms with Crippen LogP contribution >= 0.6 is 0 Å². The lowest BCUT2D eigenvalue weighted by atomic mass is 10.4. The van der Waals surface area contributed by atoms with Gasteiger partial charge in [0.2, 0.25) is 10.0 Å². The minimum Gasteiger partial charge on any atom is -0.374 e. The first-order chi connectivity index (χ1) is 14.3. The molecule has 0 aromatic carbocycles. The largest absolute Gasteiger partial charge is 0.374 e. The summed E-state index contributed by atoms with van der Waals surface area (Å²) in [5, 5.41) is 2.68. The topological polar surface area (TPSA) is 298 Å². The van der Waals surface area contributed by atoms with Crippen LogP contribution in [-0.2, 0) is 14.9 Å². The highest BCUT2D eigenvalue weighted by Gasteiger charge is 1.88. The molecule has 31 heavy (non-hydrogen) atoms. The monoisotopic (exact) mass is 479 g/mol. The Balaban J connectivity index is -0.0000000447. The van der Waals surface area contributed by atoms with E-state index in [9.17, 15) is 8.42 Å². The molecule has 0 unspecified atom stereocenters. The van der Waals surface area contributed by atoms with Crippen molar-refractivity contribution in [3.05, 3.63) is 37.0 Å². The first kappa shape index (κ1) is 47.0. The van der Waals surface area contributed by atoms with Gasteiger partial charge in [-0.1, -0.05) is 26.7 Å². The van der Waals surface area contributed by atoms with Crippen LogP contribution in [-0.4, -0.2) is 42.9 Å². The number of nitrogens with one attached hydrogen (secondary N) is 6. The highest BCUT2D eigenvalue weighted by molar-refractivity contribution is 7.88. The standard InChI is InChI=1S/C4H10N2.C3H9N3.C3H8N2.CH6N2O2S.CH6N2.CH5NO.CH5N/c1-3-4(2)6-5;1-3(5-2)6-4;1-3(2)5-4;1-6(4,5)3-2;2*1-3-2;1-2/h6H,2-3,5H2,1H3;5-6H,1,4H2,2H3;5H,1,4H2,2H3;3H,2H2,1H3;3H,2H2,1H3;2H2,1H3;2H2,1H3. The average Bonchev–Trinajstić information content (AvgIpc) is 2.75. The third-order valence-electron chi connectivity index (χ3n) is 1.57. The van der Waals surface area contributed by atoms with Gasteiger partial charge in [0, 0.05) is 18.4 Å². The molecule has 0 aliphatic carbocycles. The summed E-state index contributed by atoms with van der Waals surface area (Å²) < 4.78 is 19.5. The molecule has 0 bridgehead atoms. The van der Waals surface area contributed by atoms with Crippen LogP contribution < -0.4 is 72.7 Å². The number of hydrogen-bond acceptors (Lipinski definition) is 15. The van der Waals surface area contributed by atoms with Crippen LogP contribution in [0.2, 0.25) is 0 Å². The summed E-state index contributed by atoms with van der Waals surface area (Å²) in [4.78, 5) is 5.33. The third-order valence-corrected chi connectivity index (χ3v) is 2.00. The first-order valence-corrected chi connectivity index (χ1v) is 10.1. The number of allylic oxidation sites excluding steroid dienone is 2. The van der Waals surface area contributed by atoms with Gasteiger partial charge in [0.05, 0.1) is 13.4 Å². The Morgan fingerprint density at radius 3 is 1.19 bits per heavy atom. The number of rotatable bonds is 6. The second kappa shape index (κ2) is 46.3. The van der Waals surface area contributed by atoms with Crippen LogP contribution in [0.15, 0.2) is 37.0 Å². The fourth-order valence-electron chi connectivity index (χ4n) is 0.174. The molecule has 0 atom stereocenters. The molecule has 0 aromatic heterocycles. The van der Waals surface area contributed by atoms with Crippen LogP contribution in [0.4, 0.5) is 0 Å². The number of hydrogen-bond donors (Lipinski definition) is 13. The number of hydrazine groups is 5. The second-order valence-corrected chi connectivity index (χ2v) is 6.09. The Hall–Kier alpha value is -2.03. The van der Waals surface area contributed by atoms with E-state index in [2.05, 4.69) is 74.9 Å². The van der Waals surface area contributed by atoms with Gasteiger partial charge >= 0.3 is 0 Å². The van der Waals surface area contributed by atoms with Gasteiger partial charge in [0.15, 0.2) is 0 Å². The zero-order valence-electron chi connectivity index (χ0n) is 20.0. The van der Waals surface area contributed by atoms with E-state index in [1.165, 1.54) is 14.2 Å². The Kier molecular flexibility index (Phi) is 70.1. The molecule has 194 valence electrons. The van der Waals surface area contributed by atoms with Gasteiger partial charge in [-0.15, -0.1) is 0 Å². The molecule has 0 heterocycles. The lowest BCUT2D eigenvalue weighted by Gasteiger charge is -1.98. The summed E-state index contributed by atoms with van der Waals surface area (Å²) in [6.45, 7) is 14.2. The molecule has 0 rings (SSSR count). The van der Waals surface area contributed by atoms with E-state index in [0.717, 1.165) is 24.1 Å². The maximum absolute atomic E-state index is 9.76. The Morgan fingerprint density at radius 2 is 1.19 bits per heavy atom. The molecule has 0 saturated heterocycles. The molecule has 16 nitrogen and oxygen atoms in total. The van der Waals surface area contributed by atoms with Gasteiger partial charge < -0.3 is 32.2 Å². The van der Waals surface area contributed by atoms with Crippen LogP contribution in [0.25, 0.3) is 0 Å². The summed E-state index contributed by atoms with van der Waals surface area (Å²) in [7, 11) is 3.16. The molecule has 0 fully saturated rings. The number of sulfonamides is 1. The van der Waals surface area contributed by atoms with Crippen molar-refractivity contribution in [2.24, 2.45) is 40.8 Å².